The molecular weight excluding hydrogens is 337 g/mol. The molecule has 1 atom stereocenters. The summed E-state index contributed by atoms with van der Waals surface area (Å²) in [5.74, 6) is -1.96. The smallest absolute Gasteiger partial charge is 0.407 e. The lowest BCUT2D eigenvalue weighted by Crippen LogP contribution is -2.31. The van der Waals surface area contributed by atoms with Gasteiger partial charge in [0.05, 0.1) is 17.5 Å². The molecule has 2 aromatic carbocycles. The number of carboxylic acids is 1. The fourth-order valence-electron chi connectivity index (χ4n) is 2.11. The van der Waals surface area contributed by atoms with Gasteiger partial charge in [0.15, 0.2) is 0 Å². The van der Waals surface area contributed by atoms with Crippen LogP contribution in [0.4, 0.5) is 9.18 Å². The lowest BCUT2D eigenvalue weighted by molar-refractivity contribution is -0.137. The molecule has 0 aliphatic rings. The number of nitrogens with one attached hydrogen (secondary N) is 1. The Morgan fingerprint density at radius 3 is 2.54 bits per heavy atom. The van der Waals surface area contributed by atoms with Crippen LogP contribution in [-0.4, -0.2) is 17.2 Å². The quantitative estimate of drug-likeness (QED) is 0.827. The Hall–Kier alpha value is -2.60. The molecule has 24 heavy (non-hydrogen) atoms. The lowest BCUT2D eigenvalue weighted by atomic mass is 10.0. The summed E-state index contributed by atoms with van der Waals surface area (Å²) in [7, 11) is 0. The van der Waals surface area contributed by atoms with Crippen molar-refractivity contribution in [3.8, 4) is 0 Å². The minimum atomic E-state index is -1.19. The van der Waals surface area contributed by atoms with E-state index in [1.807, 2.05) is 6.07 Å². The predicted octanol–water partition coefficient (Wildman–Crippen LogP) is 3.92. The first-order valence-electron chi connectivity index (χ1n) is 7.10. The van der Waals surface area contributed by atoms with Gasteiger partial charge in [0.25, 0.3) is 0 Å². The molecule has 7 heteroatoms. The molecule has 0 aliphatic carbocycles. The molecule has 0 bridgehead atoms. The maximum atomic E-state index is 14.1. The first kappa shape index (κ1) is 17.7. The van der Waals surface area contributed by atoms with E-state index < -0.39 is 30.3 Å². The van der Waals surface area contributed by atoms with E-state index in [9.17, 15) is 14.0 Å². The highest BCUT2D eigenvalue weighted by atomic mass is 35.5. The highest BCUT2D eigenvalue weighted by molar-refractivity contribution is 6.30. The Balaban J connectivity index is 2.07. The molecule has 0 spiro atoms. The molecular formula is C17H15ClFNO4. The number of carbonyl (C=O) groups is 2. The van der Waals surface area contributed by atoms with Crippen molar-refractivity contribution in [3.63, 3.8) is 0 Å². The van der Waals surface area contributed by atoms with E-state index in [2.05, 4.69) is 5.32 Å². The molecule has 0 aliphatic heterocycles. The van der Waals surface area contributed by atoms with Crippen molar-refractivity contribution in [1.82, 2.24) is 5.32 Å². The summed E-state index contributed by atoms with van der Waals surface area (Å²) in [6.45, 7) is 0.0183. The Morgan fingerprint density at radius 2 is 1.88 bits per heavy atom. The minimum absolute atomic E-state index is 0.0124. The average Bonchev–Trinajstić information content (AvgIpc) is 2.55. The van der Waals surface area contributed by atoms with Crippen LogP contribution in [0, 0.1) is 5.82 Å². The van der Waals surface area contributed by atoms with E-state index in [-0.39, 0.29) is 17.2 Å². The highest BCUT2D eigenvalue weighted by Crippen LogP contribution is 2.25. The molecule has 1 amide bonds. The molecule has 1 unspecified atom stereocenters. The van der Waals surface area contributed by atoms with Gasteiger partial charge in [0, 0.05) is 5.56 Å². The number of benzene rings is 2. The van der Waals surface area contributed by atoms with Crippen LogP contribution in [0.5, 0.6) is 0 Å². The van der Waals surface area contributed by atoms with Crippen molar-refractivity contribution in [2.24, 2.45) is 0 Å². The van der Waals surface area contributed by atoms with Crippen molar-refractivity contribution >= 4 is 23.7 Å². The molecule has 0 fully saturated rings. The van der Waals surface area contributed by atoms with E-state index in [4.69, 9.17) is 21.4 Å². The summed E-state index contributed by atoms with van der Waals surface area (Å²) < 4.78 is 19.1. The van der Waals surface area contributed by atoms with E-state index in [1.165, 1.54) is 18.2 Å². The molecule has 0 heterocycles. The summed E-state index contributed by atoms with van der Waals surface area (Å²) in [5, 5.41) is 11.2. The number of halogens is 2. The molecule has 126 valence electrons. The fourth-order valence-corrected chi connectivity index (χ4v) is 2.29. The van der Waals surface area contributed by atoms with Crippen molar-refractivity contribution in [3.05, 3.63) is 70.5 Å². The highest BCUT2D eigenvalue weighted by Gasteiger charge is 2.23. The second-order valence-electron chi connectivity index (χ2n) is 5.00. The number of carbonyl (C=O) groups excluding carboxylic acids is 1. The Morgan fingerprint density at radius 1 is 1.17 bits per heavy atom. The summed E-state index contributed by atoms with van der Waals surface area (Å²) in [4.78, 5) is 22.9. The zero-order valence-electron chi connectivity index (χ0n) is 12.5. The molecule has 5 nitrogen and oxygen atoms in total. The molecule has 2 rings (SSSR count). The van der Waals surface area contributed by atoms with Gasteiger partial charge in [-0.15, -0.1) is 0 Å². The van der Waals surface area contributed by atoms with E-state index >= 15 is 0 Å². The van der Waals surface area contributed by atoms with Crippen LogP contribution in [-0.2, 0) is 16.1 Å². The normalized spacial score (nSPS) is 11.6. The number of alkyl carbamates (subject to hydrolysis) is 1. The summed E-state index contributed by atoms with van der Waals surface area (Å²) in [5.41, 5.74) is 0.762. The molecule has 0 radical (unpaired) electrons. The maximum Gasteiger partial charge on any atom is 0.407 e. The number of aliphatic carboxylic acids is 1. The van der Waals surface area contributed by atoms with Crippen LogP contribution < -0.4 is 5.32 Å². The number of hydrogen-bond donors (Lipinski definition) is 2. The van der Waals surface area contributed by atoms with Crippen LogP contribution in [0.25, 0.3) is 0 Å². The fraction of sp³-hybridized carbons (Fsp3) is 0.176. The Bertz CT molecular complexity index is 724. The summed E-state index contributed by atoms with van der Waals surface area (Å²) >= 11 is 5.71. The summed E-state index contributed by atoms with van der Waals surface area (Å²) in [6, 6.07) is 12.1. The zero-order chi connectivity index (χ0) is 17.5. The predicted molar refractivity (Wildman–Crippen MR) is 86.2 cm³/mol. The number of amides is 1. The van der Waals surface area contributed by atoms with Gasteiger partial charge in [-0.3, -0.25) is 4.79 Å². The lowest BCUT2D eigenvalue weighted by Gasteiger charge is -2.18. The standard InChI is InChI=1S/C17H15ClFNO4/c18-13-8-4-7-12(16(13)19)14(9-15(21)22)20-17(23)24-10-11-5-2-1-3-6-11/h1-8,14H,9-10H2,(H,20,23)(H,21,22). The van der Waals surface area contributed by atoms with Crippen molar-refractivity contribution in [1.29, 1.82) is 0 Å². The third-order valence-corrected chi connectivity index (χ3v) is 3.53. The Labute approximate surface area is 143 Å². The van der Waals surface area contributed by atoms with Gasteiger partial charge in [-0.2, -0.15) is 0 Å². The first-order valence-corrected chi connectivity index (χ1v) is 7.48. The van der Waals surface area contributed by atoms with Gasteiger partial charge >= 0.3 is 12.1 Å². The van der Waals surface area contributed by atoms with Crippen molar-refractivity contribution < 1.29 is 23.8 Å². The van der Waals surface area contributed by atoms with Crippen LogP contribution in [0.3, 0.4) is 0 Å². The van der Waals surface area contributed by atoms with E-state index in [0.717, 1.165) is 5.56 Å². The van der Waals surface area contributed by atoms with Crippen molar-refractivity contribution in [2.45, 2.75) is 19.1 Å². The second kappa shape index (κ2) is 8.31. The van der Waals surface area contributed by atoms with Gasteiger partial charge in [-0.1, -0.05) is 54.1 Å². The van der Waals surface area contributed by atoms with Crippen LogP contribution in [0.15, 0.2) is 48.5 Å². The molecule has 2 aromatic rings. The van der Waals surface area contributed by atoms with Crippen LogP contribution >= 0.6 is 11.6 Å². The second-order valence-corrected chi connectivity index (χ2v) is 5.41. The molecule has 2 N–H and O–H groups in total. The monoisotopic (exact) mass is 351 g/mol. The summed E-state index contributed by atoms with van der Waals surface area (Å²) in [6.07, 6.45) is -1.35. The van der Waals surface area contributed by atoms with E-state index in [0.29, 0.717) is 0 Å². The average molecular weight is 352 g/mol. The zero-order valence-corrected chi connectivity index (χ0v) is 13.3. The number of ether oxygens (including phenoxy) is 1. The Kier molecular flexibility index (Phi) is 6.14. The third-order valence-electron chi connectivity index (χ3n) is 3.24. The third kappa shape index (κ3) is 4.96. The van der Waals surface area contributed by atoms with Gasteiger partial charge in [0.1, 0.15) is 12.4 Å². The SMILES string of the molecule is O=C(O)CC(NC(=O)OCc1ccccc1)c1cccc(Cl)c1F. The molecule has 0 saturated carbocycles. The largest absolute Gasteiger partial charge is 0.481 e. The van der Waals surface area contributed by atoms with Crippen LogP contribution in [0.1, 0.15) is 23.6 Å². The topological polar surface area (TPSA) is 75.6 Å². The van der Waals surface area contributed by atoms with Crippen LogP contribution in [0.2, 0.25) is 5.02 Å². The van der Waals surface area contributed by atoms with Gasteiger partial charge in [0.2, 0.25) is 0 Å². The van der Waals surface area contributed by atoms with Gasteiger partial charge in [-0.25, -0.2) is 9.18 Å². The van der Waals surface area contributed by atoms with E-state index in [1.54, 1.807) is 24.3 Å². The molecule has 0 aromatic heterocycles. The van der Waals surface area contributed by atoms with Crippen molar-refractivity contribution in [2.75, 3.05) is 0 Å². The first-order chi connectivity index (χ1) is 11.5. The maximum absolute atomic E-state index is 14.1. The van der Waals surface area contributed by atoms with Gasteiger partial charge < -0.3 is 15.2 Å². The number of rotatable bonds is 6. The molecule has 0 saturated heterocycles. The minimum Gasteiger partial charge on any atom is -0.481 e. The number of hydrogen-bond acceptors (Lipinski definition) is 3. The number of carboxylic acid groups (broad SMARTS) is 1. The van der Waals surface area contributed by atoms with Gasteiger partial charge in [-0.05, 0) is 11.6 Å².